The van der Waals surface area contributed by atoms with Crippen LogP contribution < -0.4 is 0 Å². The third-order valence-electron chi connectivity index (χ3n) is 3.60. The smallest absolute Gasteiger partial charge is 0.147 e. The predicted octanol–water partition coefficient (Wildman–Crippen LogP) is 5.08. The van der Waals surface area contributed by atoms with Gasteiger partial charge in [-0.1, -0.05) is 18.2 Å². The Labute approximate surface area is 128 Å². The van der Waals surface area contributed by atoms with Crippen molar-refractivity contribution in [1.82, 2.24) is 9.55 Å². The first-order valence-corrected chi connectivity index (χ1v) is 7.31. The van der Waals surface area contributed by atoms with Gasteiger partial charge in [-0.25, -0.2) is 9.37 Å². The van der Waals surface area contributed by atoms with E-state index in [1.54, 1.807) is 6.07 Å². The van der Waals surface area contributed by atoms with E-state index in [4.69, 9.17) is 11.6 Å². The summed E-state index contributed by atoms with van der Waals surface area (Å²) in [5.41, 5.74) is 4.19. The Kier molecular flexibility index (Phi) is 3.46. The van der Waals surface area contributed by atoms with Gasteiger partial charge in [0.25, 0.3) is 0 Å². The summed E-state index contributed by atoms with van der Waals surface area (Å²) in [7, 11) is 0. The van der Waals surface area contributed by atoms with E-state index in [0.717, 1.165) is 22.2 Å². The van der Waals surface area contributed by atoms with Crippen molar-refractivity contribution in [2.24, 2.45) is 0 Å². The average Bonchev–Trinajstić information content (AvgIpc) is 2.78. The molecule has 1 heterocycles. The molecule has 0 N–H and O–H groups in total. The Balaban J connectivity index is 2.44. The number of nitrogens with zero attached hydrogens (tertiary/aromatic N) is 2. The summed E-state index contributed by atoms with van der Waals surface area (Å²) in [6, 6.07) is 11.0. The molecular weight excluding hydrogens is 287 g/mol. The largest absolute Gasteiger partial charge is 0.292 e. The molecule has 0 aliphatic carbocycles. The molecule has 1 unspecified atom stereocenters. The molecular formula is C17H16ClFN2. The van der Waals surface area contributed by atoms with E-state index in [0.29, 0.717) is 11.5 Å². The molecule has 4 heteroatoms. The van der Waals surface area contributed by atoms with Gasteiger partial charge in [-0.3, -0.25) is 4.57 Å². The summed E-state index contributed by atoms with van der Waals surface area (Å²) in [4.78, 5) is 4.58. The van der Waals surface area contributed by atoms with Crippen LogP contribution in [0.1, 0.15) is 29.3 Å². The quantitative estimate of drug-likeness (QED) is 0.604. The first kappa shape index (κ1) is 14.1. The van der Waals surface area contributed by atoms with E-state index in [1.807, 2.05) is 49.6 Å². The number of fused-ring (bicyclic) bond motifs is 1. The standard InChI is InChI=1S/C17H16ClFN2/c1-10-7-8-14-15(9-10)21(17(20-14)12(3)18)16-11(2)5-4-6-13(16)19/h4-9,12H,1-3H3. The Morgan fingerprint density at radius 3 is 2.62 bits per heavy atom. The lowest BCUT2D eigenvalue weighted by atomic mass is 10.1. The van der Waals surface area contributed by atoms with E-state index in [-0.39, 0.29) is 11.2 Å². The molecule has 2 aromatic carbocycles. The second-order valence-corrected chi connectivity index (χ2v) is 5.97. The van der Waals surface area contributed by atoms with E-state index in [2.05, 4.69) is 4.98 Å². The van der Waals surface area contributed by atoms with Gasteiger partial charge in [0, 0.05) is 0 Å². The van der Waals surface area contributed by atoms with E-state index < -0.39 is 0 Å². The van der Waals surface area contributed by atoms with Crippen LogP contribution in [0.15, 0.2) is 36.4 Å². The SMILES string of the molecule is Cc1ccc2nc(C(C)Cl)n(-c3c(C)cccc3F)c2c1. The van der Waals surface area contributed by atoms with Crippen molar-refractivity contribution in [3.8, 4) is 5.69 Å². The molecule has 0 fully saturated rings. The number of para-hydroxylation sites is 1. The number of halogens is 2. The Morgan fingerprint density at radius 2 is 1.95 bits per heavy atom. The number of alkyl halides is 1. The second-order valence-electron chi connectivity index (χ2n) is 5.32. The van der Waals surface area contributed by atoms with E-state index in [9.17, 15) is 4.39 Å². The Morgan fingerprint density at radius 1 is 1.19 bits per heavy atom. The van der Waals surface area contributed by atoms with Crippen LogP contribution >= 0.6 is 11.6 Å². The van der Waals surface area contributed by atoms with Crippen LogP contribution in [0.3, 0.4) is 0 Å². The number of benzene rings is 2. The van der Waals surface area contributed by atoms with Crippen LogP contribution in [0.2, 0.25) is 0 Å². The van der Waals surface area contributed by atoms with Gasteiger partial charge >= 0.3 is 0 Å². The average molecular weight is 303 g/mol. The second kappa shape index (κ2) is 5.15. The summed E-state index contributed by atoms with van der Waals surface area (Å²) < 4.78 is 16.2. The van der Waals surface area contributed by atoms with Gasteiger partial charge in [0.15, 0.2) is 0 Å². The van der Waals surface area contributed by atoms with Crippen molar-refractivity contribution < 1.29 is 4.39 Å². The van der Waals surface area contributed by atoms with Crippen LogP contribution in [0, 0.1) is 19.7 Å². The summed E-state index contributed by atoms with van der Waals surface area (Å²) in [5.74, 6) is 0.389. The highest BCUT2D eigenvalue weighted by Crippen LogP contribution is 2.31. The number of hydrogen-bond acceptors (Lipinski definition) is 1. The monoisotopic (exact) mass is 302 g/mol. The highest BCUT2D eigenvalue weighted by molar-refractivity contribution is 6.20. The Bertz CT molecular complexity index is 801. The molecule has 2 nitrogen and oxygen atoms in total. The lowest BCUT2D eigenvalue weighted by molar-refractivity contribution is 0.615. The highest BCUT2D eigenvalue weighted by atomic mass is 35.5. The minimum atomic E-state index is -0.309. The zero-order valence-electron chi connectivity index (χ0n) is 12.2. The van der Waals surface area contributed by atoms with Crippen molar-refractivity contribution in [2.75, 3.05) is 0 Å². The Hall–Kier alpha value is -1.87. The molecule has 3 rings (SSSR count). The molecule has 0 saturated carbocycles. The number of rotatable bonds is 2. The van der Waals surface area contributed by atoms with Crippen LogP contribution in [-0.4, -0.2) is 9.55 Å². The molecule has 0 amide bonds. The molecule has 3 aromatic rings. The van der Waals surface area contributed by atoms with Crippen molar-refractivity contribution in [3.63, 3.8) is 0 Å². The minimum absolute atomic E-state index is 0.269. The van der Waals surface area contributed by atoms with Gasteiger partial charge in [-0.05, 0) is 50.1 Å². The van der Waals surface area contributed by atoms with Crippen LogP contribution in [0.4, 0.5) is 4.39 Å². The molecule has 0 spiro atoms. The maximum Gasteiger partial charge on any atom is 0.147 e. The maximum atomic E-state index is 14.4. The molecule has 0 radical (unpaired) electrons. The van der Waals surface area contributed by atoms with Crippen LogP contribution in [0.5, 0.6) is 0 Å². The fourth-order valence-electron chi connectivity index (χ4n) is 2.61. The van der Waals surface area contributed by atoms with Crippen molar-refractivity contribution in [3.05, 3.63) is 59.2 Å². The van der Waals surface area contributed by atoms with E-state index in [1.165, 1.54) is 6.07 Å². The fraction of sp³-hybridized carbons (Fsp3) is 0.235. The highest BCUT2D eigenvalue weighted by Gasteiger charge is 2.19. The van der Waals surface area contributed by atoms with Crippen molar-refractivity contribution >= 4 is 22.6 Å². The first-order valence-electron chi connectivity index (χ1n) is 6.87. The third kappa shape index (κ3) is 2.32. The minimum Gasteiger partial charge on any atom is -0.292 e. The fourth-order valence-corrected chi connectivity index (χ4v) is 2.76. The summed E-state index contributed by atoms with van der Waals surface area (Å²) in [6.07, 6.45) is 0. The predicted molar refractivity (Wildman–Crippen MR) is 84.8 cm³/mol. The summed E-state index contributed by atoms with van der Waals surface area (Å²) in [6.45, 7) is 5.75. The number of aryl methyl sites for hydroxylation is 2. The van der Waals surface area contributed by atoms with Crippen molar-refractivity contribution in [1.29, 1.82) is 0 Å². The van der Waals surface area contributed by atoms with Gasteiger partial charge in [-0.2, -0.15) is 0 Å². The molecule has 0 saturated heterocycles. The molecule has 1 aromatic heterocycles. The molecule has 21 heavy (non-hydrogen) atoms. The van der Waals surface area contributed by atoms with Gasteiger partial charge < -0.3 is 0 Å². The third-order valence-corrected chi connectivity index (χ3v) is 3.80. The van der Waals surface area contributed by atoms with Gasteiger partial charge in [0.2, 0.25) is 0 Å². The van der Waals surface area contributed by atoms with Crippen LogP contribution in [0.25, 0.3) is 16.7 Å². The number of hydrogen-bond donors (Lipinski definition) is 0. The molecule has 0 aliphatic heterocycles. The number of aromatic nitrogens is 2. The molecule has 108 valence electrons. The van der Waals surface area contributed by atoms with Gasteiger partial charge in [-0.15, -0.1) is 11.6 Å². The van der Waals surface area contributed by atoms with Crippen LogP contribution in [-0.2, 0) is 0 Å². The molecule has 0 aliphatic rings. The lowest BCUT2D eigenvalue weighted by Gasteiger charge is -2.14. The maximum absolute atomic E-state index is 14.4. The topological polar surface area (TPSA) is 17.8 Å². The molecule has 0 bridgehead atoms. The van der Waals surface area contributed by atoms with Gasteiger partial charge in [0.05, 0.1) is 22.1 Å². The normalized spacial score (nSPS) is 12.8. The van der Waals surface area contributed by atoms with Gasteiger partial charge in [0.1, 0.15) is 11.6 Å². The van der Waals surface area contributed by atoms with E-state index >= 15 is 0 Å². The first-order chi connectivity index (χ1) is 9.99. The summed E-state index contributed by atoms with van der Waals surface area (Å²) in [5, 5.41) is -0.309. The lowest BCUT2D eigenvalue weighted by Crippen LogP contribution is -2.06. The molecule has 1 atom stereocenters. The zero-order chi connectivity index (χ0) is 15.1. The zero-order valence-corrected chi connectivity index (χ0v) is 12.9. The van der Waals surface area contributed by atoms with Crippen molar-refractivity contribution in [2.45, 2.75) is 26.1 Å². The summed E-state index contributed by atoms with van der Waals surface area (Å²) >= 11 is 6.27. The number of imidazole rings is 1.